The van der Waals surface area contributed by atoms with E-state index in [9.17, 15) is 13.2 Å². The number of hydrogen-bond donors (Lipinski definition) is 1. The topological polar surface area (TPSA) is 51.8 Å². The first-order valence-corrected chi connectivity index (χ1v) is 3.63. The molecular weight excluding hydrogens is 183 g/mol. The molecule has 0 aliphatic rings. The number of rotatable bonds is 1. The molecule has 0 saturated carbocycles. The molecule has 0 fully saturated rings. The van der Waals surface area contributed by atoms with Crippen LogP contribution in [0.4, 0.5) is 18.9 Å². The van der Waals surface area contributed by atoms with E-state index in [0.29, 0.717) is 6.42 Å². The zero-order valence-electron chi connectivity index (χ0n) is 6.89. The Kier molecular flexibility index (Phi) is 2.40. The van der Waals surface area contributed by atoms with Crippen LogP contribution in [0.15, 0.2) is 6.20 Å². The van der Waals surface area contributed by atoms with Gasteiger partial charge in [-0.05, 0) is 6.42 Å². The summed E-state index contributed by atoms with van der Waals surface area (Å²) in [4.78, 5) is 6.40. The van der Waals surface area contributed by atoms with Crippen LogP contribution >= 0.6 is 0 Å². The van der Waals surface area contributed by atoms with Crippen LogP contribution in [0, 0.1) is 0 Å². The van der Waals surface area contributed by atoms with Gasteiger partial charge in [0.15, 0.2) is 0 Å². The minimum Gasteiger partial charge on any atom is -0.396 e. The third-order valence-electron chi connectivity index (χ3n) is 1.49. The molecule has 0 aliphatic carbocycles. The molecule has 0 aromatic carbocycles. The van der Waals surface area contributed by atoms with Crippen molar-refractivity contribution >= 4 is 5.69 Å². The molecule has 1 heterocycles. The summed E-state index contributed by atoms with van der Waals surface area (Å²) in [5, 5.41) is 0. The average Bonchev–Trinajstić information content (AvgIpc) is 2.03. The van der Waals surface area contributed by atoms with Crippen molar-refractivity contribution in [3.8, 4) is 0 Å². The van der Waals surface area contributed by atoms with Gasteiger partial charge in [0.25, 0.3) is 0 Å². The highest BCUT2D eigenvalue weighted by molar-refractivity contribution is 5.40. The summed E-state index contributed by atoms with van der Waals surface area (Å²) in [7, 11) is 0. The first kappa shape index (κ1) is 9.76. The minimum absolute atomic E-state index is 0.190. The summed E-state index contributed by atoms with van der Waals surface area (Å²) in [6.07, 6.45) is -3.16. The van der Waals surface area contributed by atoms with Crippen molar-refractivity contribution < 1.29 is 13.2 Å². The smallest absolute Gasteiger partial charge is 0.396 e. The molecule has 0 saturated heterocycles. The number of nitrogens with zero attached hydrogens (tertiary/aromatic N) is 2. The van der Waals surface area contributed by atoms with Crippen molar-refractivity contribution in [2.45, 2.75) is 19.5 Å². The van der Waals surface area contributed by atoms with Crippen molar-refractivity contribution in [1.82, 2.24) is 9.97 Å². The van der Waals surface area contributed by atoms with E-state index in [1.165, 1.54) is 0 Å². The van der Waals surface area contributed by atoms with Gasteiger partial charge in [-0.25, -0.2) is 9.97 Å². The van der Waals surface area contributed by atoms with Gasteiger partial charge in [-0.3, -0.25) is 0 Å². The quantitative estimate of drug-likeness (QED) is 0.734. The highest BCUT2D eigenvalue weighted by atomic mass is 19.4. The van der Waals surface area contributed by atoms with Crippen LogP contribution < -0.4 is 5.73 Å². The number of halogens is 3. The van der Waals surface area contributed by atoms with E-state index in [2.05, 4.69) is 9.97 Å². The maximum absolute atomic E-state index is 12.1. The lowest BCUT2D eigenvalue weighted by molar-refractivity contribution is -0.145. The Labute approximate surface area is 72.8 Å². The van der Waals surface area contributed by atoms with Crippen molar-refractivity contribution in [3.63, 3.8) is 0 Å². The van der Waals surface area contributed by atoms with Gasteiger partial charge < -0.3 is 5.73 Å². The summed E-state index contributed by atoms with van der Waals surface area (Å²) in [5.41, 5.74) is 5.77. The largest absolute Gasteiger partial charge is 0.451 e. The number of anilines is 1. The molecule has 0 bridgehead atoms. The van der Waals surface area contributed by atoms with Crippen molar-refractivity contribution in [2.75, 3.05) is 5.73 Å². The van der Waals surface area contributed by atoms with E-state index in [1.807, 2.05) is 0 Å². The molecule has 1 aromatic heterocycles. The zero-order chi connectivity index (χ0) is 10.1. The summed E-state index contributed by atoms with van der Waals surface area (Å²) in [6, 6.07) is 0. The second-order valence-electron chi connectivity index (χ2n) is 2.45. The van der Waals surface area contributed by atoms with Crippen molar-refractivity contribution in [3.05, 3.63) is 17.7 Å². The number of hydrogen-bond acceptors (Lipinski definition) is 3. The third-order valence-corrected chi connectivity index (χ3v) is 1.49. The molecule has 6 heteroatoms. The maximum Gasteiger partial charge on any atom is 0.451 e. The molecule has 72 valence electrons. The zero-order valence-corrected chi connectivity index (χ0v) is 6.89. The van der Waals surface area contributed by atoms with Gasteiger partial charge in [0.1, 0.15) is 0 Å². The lowest BCUT2D eigenvalue weighted by atomic mass is 10.3. The fourth-order valence-electron chi connectivity index (χ4n) is 0.846. The lowest BCUT2D eigenvalue weighted by Gasteiger charge is -2.07. The Morgan fingerprint density at radius 2 is 2.08 bits per heavy atom. The van der Waals surface area contributed by atoms with E-state index < -0.39 is 12.0 Å². The van der Waals surface area contributed by atoms with E-state index in [0.717, 1.165) is 6.20 Å². The molecule has 0 aliphatic heterocycles. The third kappa shape index (κ3) is 2.07. The second-order valence-corrected chi connectivity index (χ2v) is 2.45. The van der Waals surface area contributed by atoms with Crippen LogP contribution in [0.1, 0.15) is 18.4 Å². The average molecular weight is 191 g/mol. The van der Waals surface area contributed by atoms with Crippen LogP contribution in [0.2, 0.25) is 0 Å². The van der Waals surface area contributed by atoms with Gasteiger partial charge >= 0.3 is 6.18 Å². The van der Waals surface area contributed by atoms with Crippen LogP contribution in [-0.4, -0.2) is 9.97 Å². The molecular formula is C7H8F3N3. The Hall–Kier alpha value is -1.33. The van der Waals surface area contributed by atoms with Crippen molar-refractivity contribution in [1.29, 1.82) is 0 Å². The number of aryl methyl sites for hydroxylation is 1. The first-order chi connectivity index (χ1) is 5.95. The molecule has 1 aromatic rings. The van der Waals surface area contributed by atoms with Gasteiger partial charge in [0, 0.05) is 0 Å². The number of alkyl halides is 3. The number of nitrogens with two attached hydrogens (primary N) is 1. The second kappa shape index (κ2) is 3.20. The Balaban J connectivity index is 3.14. The fourth-order valence-corrected chi connectivity index (χ4v) is 0.846. The predicted molar refractivity (Wildman–Crippen MR) is 40.8 cm³/mol. The maximum atomic E-state index is 12.1. The van der Waals surface area contributed by atoms with Gasteiger partial charge in [0.05, 0.1) is 17.6 Å². The van der Waals surface area contributed by atoms with Crippen LogP contribution in [0.5, 0.6) is 0 Å². The Morgan fingerprint density at radius 3 is 2.54 bits per heavy atom. The normalized spacial score (nSPS) is 11.7. The SMILES string of the molecule is CCc1nc(C(F)(F)F)ncc1N. The summed E-state index contributed by atoms with van der Waals surface area (Å²) in [5.74, 6) is -1.14. The highest BCUT2D eigenvalue weighted by Crippen LogP contribution is 2.26. The Bertz CT molecular complexity index is 308. The molecule has 1 rings (SSSR count). The standard InChI is InChI=1S/C7H8F3N3/c1-2-5-4(11)3-12-6(13-5)7(8,9)10/h3H,2,11H2,1H3. The molecule has 0 unspecified atom stereocenters. The van der Waals surface area contributed by atoms with E-state index in [-0.39, 0.29) is 11.4 Å². The fraction of sp³-hybridized carbons (Fsp3) is 0.429. The van der Waals surface area contributed by atoms with Crippen LogP contribution in [0.3, 0.4) is 0 Å². The van der Waals surface area contributed by atoms with E-state index >= 15 is 0 Å². The first-order valence-electron chi connectivity index (χ1n) is 3.63. The summed E-state index contributed by atoms with van der Waals surface area (Å²) in [6.45, 7) is 1.68. The van der Waals surface area contributed by atoms with Crippen LogP contribution in [-0.2, 0) is 12.6 Å². The summed E-state index contributed by atoms with van der Waals surface area (Å²) >= 11 is 0. The van der Waals surface area contributed by atoms with E-state index in [1.54, 1.807) is 6.92 Å². The van der Waals surface area contributed by atoms with Crippen molar-refractivity contribution in [2.24, 2.45) is 0 Å². The van der Waals surface area contributed by atoms with Gasteiger partial charge in [-0.15, -0.1) is 0 Å². The Morgan fingerprint density at radius 1 is 1.46 bits per heavy atom. The van der Waals surface area contributed by atoms with Gasteiger partial charge in [0.2, 0.25) is 5.82 Å². The van der Waals surface area contributed by atoms with Gasteiger partial charge in [-0.1, -0.05) is 6.92 Å². The van der Waals surface area contributed by atoms with Gasteiger partial charge in [-0.2, -0.15) is 13.2 Å². The molecule has 0 radical (unpaired) electrons. The lowest BCUT2D eigenvalue weighted by Crippen LogP contribution is -2.13. The predicted octanol–water partition coefficient (Wildman–Crippen LogP) is 1.64. The molecule has 0 atom stereocenters. The number of aromatic nitrogens is 2. The van der Waals surface area contributed by atoms with Crippen LogP contribution in [0.25, 0.3) is 0 Å². The summed E-state index contributed by atoms with van der Waals surface area (Å²) < 4.78 is 36.2. The number of nitrogen functional groups attached to an aromatic ring is 1. The molecule has 13 heavy (non-hydrogen) atoms. The molecule has 2 N–H and O–H groups in total. The monoisotopic (exact) mass is 191 g/mol. The highest BCUT2D eigenvalue weighted by Gasteiger charge is 2.34. The van der Waals surface area contributed by atoms with E-state index in [4.69, 9.17) is 5.73 Å². The molecule has 3 nitrogen and oxygen atoms in total. The molecule has 0 amide bonds. The minimum atomic E-state index is -4.50. The molecule has 0 spiro atoms.